The molecule has 214 valence electrons. The number of carbonyl (C=O) groups excluding carboxylic acids is 4. The number of hydrogen-bond acceptors (Lipinski definition) is 10. The molecule has 1 heterocycles. The lowest BCUT2D eigenvalue weighted by atomic mass is 10.1. The van der Waals surface area contributed by atoms with E-state index in [0.717, 1.165) is 35.2 Å². The highest BCUT2D eigenvalue weighted by Crippen LogP contribution is 2.32. The van der Waals surface area contributed by atoms with Gasteiger partial charge < -0.3 is 20.8 Å². The third-order valence-electron chi connectivity index (χ3n) is 6.42. The van der Waals surface area contributed by atoms with Crippen molar-refractivity contribution in [2.24, 2.45) is 0 Å². The van der Waals surface area contributed by atoms with Crippen molar-refractivity contribution in [2.75, 3.05) is 15.5 Å². The molecular formula is C28H17N5O10. The molecule has 4 aromatic carbocycles. The topological polar surface area (TPSA) is 222 Å². The monoisotopic (exact) mass is 583 g/mol. The quantitative estimate of drug-likeness (QED) is 0.105. The Bertz CT molecular complexity index is 1890. The lowest BCUT2D eigenvalue weighted by Gasteiger charge is -2.14. The van der Waals surface area contributed by atoms with Gasteiger partial charge in [-0.2, -0.15) is 0 Å². The fraction of sp³-hybridized carbons (Fsp3) is 0. The first-order valence-electron chi connectivity index (χ1n) is 12.1. The Morgan fingerprint density at radius 3 is 1.58 bits per heavy atom. The molecule has 0 unspecified atom stereocenters. The van der Waals surface area contributed by atoms with Crippen molar-refractivity contribution in [1.29, 1.82) is 0 Å². The molecule has 0 radical (unpaired) electrons. The summed E-state index contributed by atoms with van der Waals surface area (Å²) in [6.45, 7) is 0. The van der Waals surface area contributed by atoms with Crippen LogP contribution in [0.1, 0.15) is 41.4 Å². The molecule has 0 fully saturated rings. The van der Waals surface area contributed by atoms with Gasteiger partial charge in [0.1, 0.15) is 11.5 Å². The SMILES string of the molecule is O=C(Nc1ccc([N+](=O)[O-])cc1O)c1ccc(N2C(=O)c3ccc(C(=O)Nc4ccc([N+](=O)[O-])cc4O)cc3C2=O)cc1. The first-order valence-corrected chi connectivity index (χ1v) is 12.1. The van der Waals surface area contributed by atoms with Crippen LogP contribution in [0.4, 0.5) is 28.4 Å². The van der Waals surface area contributed by atoms with Gasteiger partial charge in [0, 0.05) is 23.3 Å². The Balaban J connectivity index is 1.31. The standard InChI is InChI=1S/C28H17N5O10/c34-23-12-17(32(40)41)6-9-21(23)29-25(36)14-1-4-16(5-2-14)31-27(38)19-8-3-15(11-20(19)28(31)39)26(37)30-22-10-7-18(33(42)43)13-24(22)35/h1-13,34-35H,(H,29,36)(H,30,37). The van der Waals surface area contributed by atoms with Crippen LogP contribution in [0.25, 0.3) is 0 Å². The van der Waals surface area contributed by atoms with Gasteiger partial charge in [-0.15, -0.1) is 0 Å². The molecule has 0 bridgehead atoms. The Kier molecular flexibility index (Phi) is 6.97. The molecule has 15 heteroatoms. The fourth-order valence-electron chi connectivity index (χ4n) is 4.25. The van der Waals surface area contributed by atoms with Crippen LogP contribution >= 0.6 is 0 Å². The highest BCUT2D eigenvalue weighted by atomic mass is 16.6. The van der Waals surface area contributed by atoms with Gasteiger partial charge in [-0.25, -0.2) is 4.90 Å². The van der Waals surface area contributed by atoms with E-state index >= 15 is 0 Å². The van der Waals surface area contributed by atoms with Crippen molar-refractivity contribution < 1.29 is 39.2 Å². The van der Waals surface area contributed by atoms with Gasteiger partial charge in [-0.05, 0) is 54.6 Å². The van der Waals surface area contributed by atoms with E-state index in [4.69, 9.17) is 0 Å². The van der Waals surface area contributed by atoms with E-state index < -0.39 is 45.0 Å². The largest absolute Gasteiger partial charge is 0.506 e. The predicted octanol–water partition coefficient (Wildman–Crippen LogP) is 4.22. The number of anilines is 3. The summed E-state index contributed by atoms with van der Waals surface area (Å²) < 4.78 is 0. The number of rotatable bonds is 7. The molecule has 1 aliphatic heterocycles. The number of phenols is 2. The molecule has 15 nitrogen and oxygen atoms in total. The minimum Gasteiger partial charge on any atom is -0.506 e. The van der Waals surface area contributed by atoms with Crippen LogP contribution in [-0.2, 0) is 0 Å². The van der Waals surface area contributed by atoms with Crippen molar-refractivity contribution in [2.45, 2.75) is 0 Å². The van der Waals surface area contributed by atoms with Crippen molar-refractivity contribution >= 4 is 52.1 Å². The summed E-state index contributed by atoms with van der Waals surface area (Å²) in [5, 5.41) is 46.5. The average molecular weight is 583 g/mol. The molecule has 1 aliphatic rings. The van der Waals surface area contributed by atoms with Gasteiger partial charge >= 0.3 is 0 Å². The molecule has 0 saturated heterocycles. The summed E-state index contributed by atoms with van der Waals surface area (Å²) in [6, 6.07) is 15.4. The Hall–Kier alpha value is -6.64. The number of amides is 4. The molecule has 0 saturated carbocycles. The number of aromatic hydroxyl groups is 2. The fourth-order valence-corrected chi connectivity index (χ4v) is 4.25. The second kappa shape index (κ2) is 10.7. The number of phenolic OH excluding ortho intramolecular Hbond substituents is 2. The smallest absolute Gasteiger partial charge is 0.273 e. The lowest BCUT2D eigenvalue weighted by Crippen LogP contribution is -2.29. The number of benzene rings is 4. The van der Waals surface area contributed by atoms with Crippen molar-refractivity contribution in [3.63, 3.8) is 0 Å². The molecule has 0 aromatic heterocycles. The Morgan fingerprint density at radius 1 is 0.628 bits per heavy atom. The Morgan fingerprint density at radius 2 is 1.09 bits per heavy atom. The summed E-state index contributed by atoms with van der Waals surface area (Å²) >= 11 is 0. The minimum absolute atomic E-state index is 0.0233. The summed E-state index contributed by atoms with van der Waals surface area (Å²) in [7, 11) is 0. The van der Waals surface area contributed by atoms with Crippen molar-refractivity contribution in [3.05, 3.63) is 121 Å². The number of carbonyl (C=O) groups is 4. The number of imide groups is 1. The number of non-ortho nitro benzene ring substituents is 2. The van der Waals surface area contributed by atoms with E-state index in [1.165, 1.54) is 48.5 Å². The highest BCUT2D eigenvalue weighted by Gasteiger charge is 2.37. The zero-order valence-electron chi connectivity index (χ0n) is 21.5. The van der Waals surface area contributed by atoms with Gasteiger partial charge in [0.15, 0.2) is 0 Å². The van der Waals surface area contributed by atoms with Gasteiger partial charge in [0.25, 0.3) is 35.0 Å². The Labute approximate surface area is 239 Å². The maximum Gasteiger partial charge on any atom is 0.273 e. The van der Waals surface area contributed by atoms with E-state index in [2.05, 4.69) is 10.6 Å². The minimum atomic E-state index is -0.750. The molecule has 4 N–H and O–H groups in total. The highest BCUT2D eigenvalue weighted by molar-refractivity contribution is 6.35. The van der Waals surface area contributed by atoms with Crippen molar-refractivity contribution in [1.82, 2.24) is 0 Å². The lowest BCUT2D eigenvalue weighted by molar-refractivity contribution is -0.385. The van der Waals surface area contributed by atoms with E-state index in [9.17, 15) is 49.6 Å². The molecule has 43 heavy (non-hydrogen) atoms. The second-order valence-electron chi connectivity index (χ2n) is 9.08. The first kappa shape index (κ1) is 27.9. The van der Waals surface area contributed by atoms with Crippen molar-refractivity contribution in [3.8, 4) is 11.5 Å². The number of fused-ring (bicyclic) bond motifs is 1. The number of hydrogen-bond donors (Lipinski definition) is 4. The molecule has 5 rings (SSSR count). The summed E-state index contributed by atoms with van der Waals surface area (Å²) in [4.78, 5) is 72.8. The van der Waals surface area contributed by atoms with E-state index in [-0.39, 0.29) is 50.7 Å². The number of nitro benzene ring substituents is 2. The normalized spacial score (nSPS) is 12.0. The number of nitro groups is 2. The van der Waals surface area contributed by atoms with E-state index in [0.29, 0.717) is 0 Å². The van der Waals surface area contributed by atoms with Gasteiger partial charge in [0.2, 0.25) is 0 Å². The van der Waals surface area contributed by atoms with Crippen LogP contribution in [0.5, 0.6) is 11.5 Å². The summed E-state index contributed by atoms with van der Waals surface area (Å²) in [6.07, 6.45) is 0. The third-order valence-corrected chi connectivity index (χ3v) is 6.42. The van der Waals surface area contributed by atoms with Crippen LogP contribution in [-0.4, -0.2) is 43.7 Å². The molecule has 0 aliphatic carbocycles. The molecule has 4 aromatic rings. The van der Waals surface area contributed by atoms with Crippen LogP contribution in [0.15, 0.2) is 78.9 Å². The predicted molar refractivity (Wildman–Crippen MR) is 149 cm³/mol. The molecule has 0 spiro atoms. The van der Waals surface area contributed by atoms with Crippen LogP contribution in [0, 0.1) is 20.2 Å². The van der Waals surface area contributed by atoms with Crippen LogP contribution < -0.4 is 15.5 Å². The number of nitrogens with one attached hydrogen (secondary N) is 2. The number of nitrogens with zero attached hydrogens (tertiary/aromatic N) is 3. The second-order valence-corrected chi connectivity index (χ2v) is 9.08. The molecule has 0 atom stereocenters. The third kappa shape index (κ3) is 5.28. The molecular weight excluding hydrogens is 566 g/mol. The van der Waals surface area contributed by atoms with E-state index in [1.807, 2.05) is 0 Å². The van der Waals surface area contributed by atoms with Gasteiger partial charge in [0.05, 0.1) is 50.2 Å². The van der Waals surface area contributed by atoms with Crippen LogP contribution in [0.2, 0.25) is 0 Å². The van der Waals surface area contributed by atoms with Gasteiger partial charge in [-0.1, -0.05) is 0 Å². The van der Waals surface area contributed by atoms with Gasteiger partial charge in [-0.3, -0.25) is 39.4 Å². The summed E-state index contributed by atoms with van der Waals surface area (Å²) in [5.41, 5.74) is -0.768. The summed E-state index contributed by atoms with van der Waals surface area (Å²) in [5.74, 6) is -3.88. The van der Waals surface area contributed by atoms with E-state index in [1.54, 1.807) is 0 Å². The maximum atomic E-state index is 13.2. The van der Waals surface area contributed by atoms with Crippen LogP contribution in [0.3, 0.4) is 0 Å². The average Bonchev–Trinajstić information content (AvgIpc) is 3.23. The first-order chi connectivity index (χ1) is 20.4. The molecule has 4 amide bonds. The zero-order valence-corrected chi connectivity index (χ0v) is 21.5. The zero-order chi connectivity index (χ0) is 31.0. The maximum absolute atomic E-state index is 13.2.